The molecule has 13 rings (SSSR count). The predicted octanol–water partition coefficient (Wildman–Crippen LogP) is 21.3. The van der Waals surface area contributed by atoms with Crippen LogP contribution in [0.3, 0.4) is 0 Å². The summed E-state index contributed by atoms with van der Waals surface area (Å²) in [5.74, 6) is -4.74. The van der Waals surface area contributed by atoms with Gasteiger partial charge in [-0.15, -0.1) is 0 Å². The molecule has 12 N–H and O–H groups in total. The molecule has 0 spiro atoms. The number of esters is 6. The number of amides is 1. The number of hydrogen-bond donors (Lipinski definition) is 9. The number of nitrogens with zero attached hydrogens (tertiary/aromatic N) is 3. The molecule has 4 heterocycles. The third kappa shape index (κ3) is 40.3. The molecule has 0 aliphatic carbocycles. The number of benzene rings is 9. The molecule has 0 saturated carbocycles. The number of nitrogens with two attached hydrogens (primary N) is 3. The number of carbonyl (C=O) groups excluding carboxylic acids is 7. The van der Waals surface area contributed by atoms with Crippen LogP contribution in [-0.2, 0) is 52.1 Å². The SMILES string of the molecule is CC(=O)O.CCOC(=O)c1c[nH]c2cc(Cl)ccc2c1=O.CCOC(=O)c1ccc(B(O)O)cc1.CCOC(=O)c1cnc2cc(Cl)ccc2c1Cl.CCOC(=O)c1cnc2cc(Cl)ccc2c1Nc1ccccc1.CCOC=C(C(=O)OCC)C(=O)OCC.NC(=O)c1cnc2cc(Cl)ccc2c1Nc1ccccc1.Nc1cccc(Cl)c1.Nc1ccccc1.O=P(Cl)(Cl)Cl. The van der Waals surface area contributed by atoms with Gasteiger partial charge in [-0.2, -0.15) is 0 Å². The number of carboxylic acids is 1. The van der Waals surface area contributed by atoms with Crippen LogP contribution in [0.15, 0.2) is 254 Å². The first-order chi connectivity index (χ1) is 62.3. The number of anilines is 6. The van der Waals surface area contributed by atoms with E-state index in [0.717, 1.165) is 41.0 Å². The largest absolute Gasteiger partial charge is 0.500 e. The van der Waals surface area contributed by atoms with E-state index in [-0.39, 0.29) is 41.9 Å². The molecule has 9 aromatic carbocycles. The number of carbonyl (C=O) groups is 8. The summed E-state index contributed by atoms with van der Waals surface area (Å²) in [6, 6.07) is 62.4. The first-order valence-corrected chi connectivity index (χ1v) is 45.7. The third-order valence-corrected chi connectivity index (χ3v) is 17.4. The number of carboxylic acid groups (broad SMARTS) is 1. The maximum Gasteiger partial charge on any atom is 0.488 e. The number of pyridine rings is 4. The van der Waals surface area contributed by atoms with E-state index in [4.69, 9.17) is 130 Å². The van der Waals surface area contributed by atoms with Crippen molar-refractivity contribution in [2.24, 2.45) is 5.73 Å². The van der Waals surface area contributed by atoms with Crippen LogP contribution in [0, 0.1) is 0 Å². The van der Waals surface area contributed by atoms with Gasteiger partial charge in [-0.25, -0.2) is 28.8 Å². The monoisotopic (exact) mass is 1990 g/mol. The molecule has 0 atom stereocenters. The normalized spacial score (nSPS) is 9.98. The Balaban J connectivity index is 0.000000315. The van der Waals surface area contributed by atoms with Crippen molar-refractivity contribution in [1.29, 1.82) is 0 Å². The van der Waals surface area contributed by atoms with Gasteiger partial charge in [0.2, 0.25) is 5.43 Å². The van der Waals surface area contributed by atoms with Crippen LogP contribution in [0.25, 0.3) is 43.6 Å². The van der Waals surface area contributed by atoms with Crippen LogP contribution in [0.2, 0.25) is 30.1 Å². The fourth-order valence-corrected chi connectivity index (χ4v) is 11.4. The molecule has 4 aromatic heterocycles. The van der Waals surface area contributed by atoms with Gasteiger partial charge >= 0.3 is 48.1 Å². The molecular weight excluding hydrogens is 1900 g/mol. The molecule has 131 heavy (non-hydrogen) atoms. The number of para-hydroxylation sites is 3. The number of aliphatic carboxylic acids is 1. The Morgan fingerprint density at radius 2 is 0.809 bits per heavy atom. The molecule has 0 radical (unpaired) electrons. The second-order valence-electron chi connectivity index (χ2n) is 25.3. The number of fused-ring (bicyclic) bond motifs is 4. The maximum atomic E-state index is 12.2. The lowest BCUT2D eigenvalue weighted by Crippen LogP contribution is -2.29. The summed E-state index contributed by atoms with van der Waals surface area (Å²) in [6.07, 6.45) is 6.79. The number of nitrogens with one attached hydrogen (secondary N) is 3. The lowest BCUT2D eigenvalue weighted by Gasteiger charge is -2.14. The van der Waals surface area contributed by atoms with Gasteiger partial charge in [0.05, 0.1) is 101 Å². The van der Waals surface area contributed by atoms with Gasteiger partial charge < -0.3 is 81.1 Å². The van der Waals surface area contributed by atoms with Crippen LogP contribution < -0.4 is 38.7 Å². The van der Waals surface area contributed by atoms with Crippen LogP contribution >= 0.6 is 109 Å². The van der Waals surface area contributed by atoms with E-state index < -0.39 is 60.0 Å². The molecule has 13 aromatic rings. The summed E-state index contributed by atoms with van der Waals surface area (Å²) >= 11 is 49.2. The van der Waals surface area contributed by atoms with Crippen LogP contribution in [0.4, 0.5) is 34.1 Å². The topological polar surface area (TPSA) is 453 Å². The Bertz CT molecular complexity index is 6050. The average molecular weight is 1990 g/mol. The van der Waals surface area contributed by atoms with E-state index in [1.807, 2.05) is 109 Å². The molecule has 0 aliphatic heterocycles. The Kier molecular flexibility index (Phi) is 50.1. The van der Waals surface area contributed by atoms with Crippen molar-refractivity contribution in [2.45, 2.75) is 55.4 Å². The highest BCUT2D eigenvalue weighted by molar-refractivity contribution is 8.24. The average Bonchev–Trinajstić information content (AvgIpc) is 0.837. The minimum absolute atomic E-state index is 0.00155. The molecular formula is C91H90BCl9N9O20P. The van der Waals surface area contributed by atoms with Crippen LogP contribution in [0.1, 0.15) is 107 Å². The molecule has 0 bridgehead atoms. The molecule has 0 saturated heterocycles. The van der Waals surface area contributed by atoms with E-state index in [9.17, 15) is 42.9 Å². The molecule has 29 nitrogen and oxygen atoms in total. The second-order valence-corrected chi connectivity index (χ2v) is 34.5. The molecule has 0 fully saturated rings. The highest BCUT2D eigenvalue weighted by atomic mass is 36.0. The highest BCUT2D eigenvalue weighted by Crippen LogP contribution is 2.61. The van der Waals surface area contributed by atoms with E-state index in [1.165, 1.54) is 49.1 Å². The molecule has 40 heteroatoms. The van der Waals surface area contributed by atoms with E-state index in [0.29, 0.717) is 129 Å². The van der Waals surface area contributed by atoms with Gasteiger partial charge in [-0.3, -0.25) is 33.9 Å². The number of aromatic amines is 1. The summed E-state index contributed by atoms with van der Waals surface area (Å²) in [4.78, 5) is 117. The fraction of sp³-hybridized carbons (Fsp3) is 0.165. The smallest absolute Gasteiger partial charge is 0.488 e. The maximum absolute atomic E-state index is 12.2. The quantitative estimate of drug-likeness (QED) is 0.00394. The highest BCUT2D eigenvalue weighted by Gasteiger charge is 2.23. The summed E-state index contributed by atoms with van der Waals surface area (Å²) < 4.78 is 43.3. The summed E-state index contributed by atoms with van der Waals surface area (Å²) in [5.41, 5.74) is 24.6. The summed E-state index contributed by atoms with van der Waals surface area (Å²) in [6.45, 7) is 15.0. The third-order valence-electron chi connectivity index (χ3n) is 15.8. The van der Waals surface area contributed by atoms with E-state index in [1.54, 1.807) is 127 Å². The lowest BCUT2D eigenvalue weighted by atomic mass is 9.80. The van der Waals surface area contributed by atoms with E-state index >= 15 is 0 Å². The minimum Gasteiger partial charge on any atom is -0.500 e. The fourth-order valence-electron chi connectivity index (χ4n) is 10.3. The number of primary amides is 1. The number of H-pyrrole nitrogens is 1. The Labute approximate surface area is 798 Å². The standard InChI is InChI=1S/C18H15ClN2O2.C16H12ClN3O.C12H9Cl2NO2.C12H10ClNO3.C10H16O5.C9H11BO4.C6H6ClN.C6H7N.C2H4O2.Cl3OP/c1-2-23-18(22)15-11-20-16-10-12(19)8-9-14(16)17(15)21-13-6-4-3-5-7-13;17-10-6-7-12-14(8-10)19-9-13(16(18)21)15(12)20-11-4-2-1-3-5-11;1-2-17-12(16)9-6-15-10-5-7(13)3-4-8(10)11(9)14;1-2-17-12(16)9-6-14-10-5-7(13)3-4-8(10)11(9)15;1-4-13-7-8(9(11)14-5-2)10(12)15-6-3;1-2-14-9(11)7-3-5-8(6-4-7)10(12)13;7-5-2-1-3-6(8)4-5;7-6-4-2-1-3-5-6;1-2(3)4;1-5(2,3)4/h3-11H,2H2,1H3,(H,20,21);1-9H,(H2,18,21)(H,19,20);3-6H,2H2,1H3;3-6H,2H2,1H3,(H,14,15);7H,4-6H2,1-3H3;3-6,12-13H,2H2,1H3;1-4H,8H2;1-5H,7H2;1H3,(H,3,4);. The van der Waals surface area contributed by atoms with Crippen molar-refractivity contribution >= 4 is 247 Å². The molecule has 0 unspecified atom stereocenters. The van der Waals surface area contributed by atoms with Crippen LogP contribution in [0.5, 0.6) is 0 Å². The van der Waals surface area contributed by atoms with Crippen molar-refractivity contribution in [3.8, 4) is 0 Å². The summed E-state index contributed by atoms with van der Waals surface area (Å²) in [5, 5.41) is 34.3. The van der Waals surface area contributed by atoms with Crippen molar-refractivity contribution in [2.75, 3.05) is 68.3 Å². The molecule has 1 amide bonds. The van der Waals surface area contributed by atoms with Gasteiger partial charge in [-0.1, -0.05) is 142 Å². The Hall–Kier alpha value is -12.3. The molecule has 690 valence electrons. The van der Waals surface area contributed by atoms with Gasteiger partial charge in [0.25, 0.3) is 11.9 Å². The number of rotatable bonds is 20. The van der Waals surface area contributed by atoms with Crippen molar-refractivity contribution < 1.29 is 91.2 Å². The van der Waals surface area contributed by atoms with Gasteiger partial charge in [-0.05, 0) is 227 Å². The Morgan fingerprint density at radius 3 is 1.21 bits per heavy atom. The first-order valence-electron chi connectivity index (χ1n) is 39.0. The van der Waals surface area contributed by atoms with E-state index in [2.05, 4.69) is 73.8 Å². The zero-order chi connectivity index (χ0) is 97.3. The van der Waals surface area contributed by atoms with Crippen LogP contribution in [-0.4, -0.2) is 136 Å². The van der Waals surface area contributed by atoms with Crippen molar-refractivity contribution in [3.05, 3.63) is 317 Å². The minimum atomic E-state index is -3.22. The number of halogens is 9. The van der Waals surface area contributed by atoms with Crippen molar-refractivity contribution in [1.82, 2.24) is 19.9 Å². The second kappa shape index (κ2) is 59.1. The number of nitrogen functional groups attached to an aromatic ring is 2. The molecule has 0 aliphatic rings. The zero-order valence-electron chi connectivity index (χ0n) is 71.3. The van der Waals surface area contributed by atoms with Gasteiger partial charge in [0, 0.05) is 101 Å². The predicted molar refractivity (Wildman–Crippen MR) is 521 cm³/mol. The summed E-state index contributed by atoms with van der Waals surface area (Å²) in [7, 11) is -1.51. The lowest BCUT2D eigenvalue weighted by molar-refractivity contribution is -0.147. The number of ether oxygens (including phenoxy) is 7. The first kappa shape index (κ1) is 111. The van der Waals surface area contributed by atoms with Gasteiger partial charge in [0.1, 0.15) is 17.4 Å². The van der Waals surface area contributed by atoms with Gasteiger partial charge in [0.15, 0.2) is 5.57 Å². The zero-order valence-corrected chi connectivity index (χ0v) is 79.0. The number of aromatic nitrogens is 4. The Morgan fingerprint density at radius 1 is 0.443 bits per heavy atom. The number of hydrogen-bond acceptors (Lipinski definition) is 26. The van der Waals surface area contributed by atoms with Crippen molar-refractivity contribution in [3.63, 3.8) is 0 Å².